The third-order valence-electron chi connectivity index (χ3n) is 4.83. The molecule has 1 unspecified atom stereocenters. The van der Waals surface area contributed by atoms with Gasteiger partial charge in [-0.1, -0.05) is 97.3 Å². The van der Waals surface area contributed by atoms with Crippen molar-refractivity contribution in [3.8, 4) is 0 Å². The molecule has 1 N–H and O–H groups in total. The summed E-state index contributed by atoms with van der Waals surface area (Å²) in [5.74, 6) is -0.165. The minimum atomic E-state index is -0.346. The van der Waals surface area contributed by atoms with Crippen LogP contribution in [0.5, 0.6) is 0 Å². The molecule has 3 heteroatoms. The van der Waals surface area contributed by atoms with Crippen molar-refractivity contribution in [3.05, 3.63) is 0 Å². The third kappa shape index (κ3) is 19.6. The predicted octanol–water partition coefficient (Wildman–Crippen LogP) is 6.56. The van der Waals surface area contributed by atoms with E-state index in [2.05, 4.69) is 13.8 Å². The number of ether oxygens (including phenoxy) is 1. The zero-order valence-corrected chi connectivity index (χ0v) is 17.1. The van der Waals surface area contributed by atoms with Gasteiger partial charge in [-0.2, -0.15) is 0 Å². The van der Waals surface area contributed by atoms with Crippen LogP contribution in [0.2, 0.25) is 0 Å². The van der Waals surface area contributed by atoms with Crippen molar-refractivity contribution in [1.29, 1.82) is 0 Å². The Labute approximate surface area is 156 Å². The molecule has 0 aliphatic rings. The summed E-state index contributed by atoms with van der Waals surface area (Å²) in [7, 11) is 0. The highest BCUT2D eigenvalue weighted by Crippen LogP contribution is 2.14. The summed E-state index contributed by atoms with van der Waals surface area (Å²) in [5.41, 5.74) is 0. The molecule has 0 aromatic carbocycles. The van der Waals surface area contributed by atoms with E-state index < -0.39 is 0 Å². The molecular weight excluding hydrogens is 312 g/mol. The van der Waals surface area contributed by atoms with E-state index in [0.29, 0.717) is 19.4 Å². The fourth-order valence-corrected chi connectivity index (χ4v) is 3.05. The van der Waals surface area contributed by atoms with Crippen molar-refractivity contribution in [1.82, 2.24) is 0 Å². The molecule has 0 heterocycles. The van der Waals surface area contributed by atoms with E-state index >= 15 is 0 Å². The van der Waals surface area contributed by atoms with Crippen LogP contribution >= 0.6 is 0 Å². The first-order valence-corrected chi connectivity index (χ1v) is 11.0. The highest BCUT2D eigenvalue weighted by molar-refractivity contribution is 5.69. The Hall–Kier alpha value is -0.570. The Balaban J connectivity index is 3.24. The Morgan fingerprint density at radius 1 is 0.720 bits per heavy atom. The number of unbranched alkanes of at least 4 members (excludes halogenated alkanes) is 12. The lowest BCUT2D eigenvalue weighted by molar-refractivity contribution is -0.144. The van der Waals surface area contributed by atoms with Gasteiger partial charge in [-0.15, -0.1) is 0 Å². The molecule has 0 aromatic rings. The van der Waals surface area contributed by atoms with Gasteiger partial charge in [0.1, 0.15) is 0 Å². The SMILES string of the molecule is CCCCCCCCCCCCCCC(O)CCC(=O)OCCCC. The second kappa shape index (κ2) is 19.8. The fourth-order valence-electron chi connectivity index (χ4n) is 3.05. The van der Waals surface area contributed by atoms with Crippen molar-refractivity contribution in [2.75, 3.05) is 6.61 Å². The molecule has 0 aliphatic heterocycles. The van der Waals surface area contributed by atoms with Crippen molar-refractivity contribution in [2.45, 2.75) is 129 Å². The third-order valence-corrected chi connectivity index (χ3v) is 4.83. The largest absolute Gasteiger partial charge is 0.466 e. The number of hydrogen-bond donors (Lipinski definition) is 1. The van der Waals surface area contributed by atoms with Crippen LogP contribution in [0.4, 0.5) is 0 Å². The number of aliphatic hydroxyl groups is 1. The molecule has 3 nitrogen and oxygen atoms in total. The summed E-state index contributed by atoms with van der Waals surface area (Å²) >= 11 is 0. The molecule has 0 fully saturated rings. The topological polar surface area (TPSA) is 46.5 Å². The van der Waals surface area contributed by atoms with Crippen LogP contribution < -0.4 is 0 Å². The maximum Gasteiger partial charge on any atom is 0.305 e. The Morgan fingerprint density at radius 3 is 1.72 bits per heavy atom. The van der Waals surface area contributed by atoms with E-state index in [1.165, 1.54) is 70.6 Å². The minimum Gasteiger partial charge on any atom is -0.466 e. The molecule has 0 aliphatic carbocycles. The number of carbonyl (C=O) groups excluding carboxylic acids is 1. The molecule has 0 saturated carbocycles. The zero-order chi connectivity index (χ0) is 18.6. The maximum absolute atomic E-state index is 11.5. The molecule has 0 rings (SSSR count). The highest BCUT2D eigenvalue weighted by atomic mass is 16.5. The molecule has 0 spiro atoms. The number of carbonyl (C=O) groups is 1. The van der Waals surface area contributed by atoms with Crippen LogP contribution in [0, 0.1) is 0 Å². The molecule has 0 saturated heterocycles. The monoisotopic (exact) mass is 356 g/mol. The van der Waals surface area contributed by atoms with Crippen LogP contribution in [-0.2, 0) is 9.53 Å². The minimum absolute atomic E-state index is 0.165. The maximum atomic E-state index is 11.5. The first-order valence-electron chi connectivity index (χ1n) is 11.0. The van der Waals surface area contributed by atoms with Crippen molar-refractivity contribution in [2.24, 2.45) is 0 Å². The van der Waals surface area contributed by atoms with Gasteiger partial charge >= 0.3 is 5.97 Å². The van der Waals surface area contributed by atoms with E-state index in [1.54, 1.807) is 0 Å². The summed E-state index contributed by atoms with van der Waals surface area (Å²) in [6.07, 6.45) is 19.3. The average Bonchev–Trinajstić information content (AvgIpc) is 2.61. The Kier molecular flexibility index (Phi) is 19.3. The number of rotatable bonds is 19. The predicted molar refractivity (Wildman–Crippen MR) is 107 cm³/mol. The lowest BCUT2D eigenvalue weighted by Crippen LogP contribution is -2.12. The lowest BCUT2D eigenvalue weighted by atomic mass is 10.0. The quantitative estimate of drug-likeness (QED) is 0.210. The number of esters is 1. The van der Waals surface area contributed by atoms with E-state index in [-0.39, 0.29) is 12.1 Å². The van der Waals surface area contributed by atoms with Crippen molar-refractivity contribution < 1.29 is 14.6 Å². The van der Waals surface area contributed by atoms with Crippen molar-refractivity contribution in [3.63, 3.8) is 0 Å². The van der Waals surface area contributed by atoms with E-state index in [4.69, 9.17) is 4.74 Å². The average molecular weight is 357 g/mol. The molecule has 150 valence electrons. The van der Waals surface area contributed by atoms with Gasteiger partial charge in [0.25, 0.3) is 0 Å². The summed E-state index contributed by atoms with van der Waals surface area (Å²) in [4.78, 5) is 11.5. The first-order chi connectivity index (χ1) is 12.2. The van der Waals surface area contributed by atoms with Crippen LogP contribution in [0.15, 0.2) is 0 Å². The Bertz CT molecular complexity index is 278. The summed E-state index contributed by atoms with van der Waals surface area (Å²) in [6.45, 7) is 4.86. The van der Waals surface area contributed by atoms with E-state index in [9.17, 15) is 9.90 Å². The fraction of sp³-hybridized carbons (Fsp3) is 0.955. The normalized spacial score (nSPS) is 12.3. The van der Waals surface area contributed by atoms with E-state index in [1.807, 2.05) is 0 Å². The summed E-state index contributed by atoms with van der Waals surface area (Å²) in [5, 5.41) is 9.92. The molecule has 0 amide bonds. The van der Waals surface area contributed by atoms with Crippen molar-refractivity contribution >= 4 is 5.97 Å². The smallest absolute Gasteiger partial charge is 0.305 e. The van der Waals surface area contributed by atoms with Gasteiger partial charge in [0.15, 0.2) is 0 Å². The van der Waals surface area contributed by atoms with Gasteiger partial charge in [0.2, 0.25) is 0 Å². The Morgan fingerprint density at radius 2 is 1.20 bits per heavy atom. The molecule has 0 aromatic heterocycles. The van der Waals surface area contributed by atoms with Crippen LogP contribution in [-0.4, -0.2) is 23.8 Å². The molecule has 0 radical (unpaired) electrons. The number of aliphatic hydroxyl groups excluding tert-OH is 1. The zero-order valence-electron chi connectivity index (χ0n) is 17.1. The van der Waals surface area contributed by atoms with Crippen LogP contribution in [0.25, 0.3) is 0 Å². The van der Waals surface area contributed by atoms with Gasteiger partial charge in [0, 0.05) is 6.42 Å². The second-order valence-electron chi connectivity index (χ2n) is 7.44. The van der Waals surface area contributed by atoms with Gasteiger partial charge < -0.3 is 9.84 Å². The number of hydrogen-bond acceptors (Lipinski definition) is 3. The van der Waals surface area contributed by atoms with Gasteiger partial charge in [-0.05, 0) is 19.3 Å². The molecule has 0 bridgehead atoms. The van der Waals surface area contributed by atoms with E-state index in [0.717, 1.165) is 25.7 Å². The second-order valence-corrected chi connectivity index (χ2v) is 7.44. The molecular formula is C22H44O3. The summed E-state index contributed by atoms with van der Waals surface area (Å²) < 4.78 is 5.10. The van der Waals surface area contributed by atoms with Crippen LogP contribution in [0.1, 0.15) is 123 Å². The molecule has 25 heavy (non-hydrogen) atoms. The standard InChI is InChI=1S/C22H44O3/c1-3-5-7-8-9-10-11-12-13-14-15-16-17-21(23)18-19-22(24)25-20-6-4-2/h21,23H,3-20H2,1-2H3. The van der Waals surface area contributed by atoms with Gasteiger partial charge in [-0.25, -0.2) is 0 Å². The lowest BCUT2D eigenvalue weighted by Gasteiger charge is -2.10. The van der Waals surface area contributed by atoms with Gasteiger partial charge in [0.05, 0.1) is 12.7 Å². The van der Waals surface area contributed by atoms with Crippen LogP contribution in [0.3, 0.4) is 0 Å². The van der Waals surface area contributed by atoms with Gasteiger partial charge in [-0.3, -0.25) is 4.79 Å². The first kappa shape index (κ1) is 24.4. The molecule has 1 atom stereocenters. The summed E-state index contributed by atoms with van der Waals surface area (Å²) in [6, 6.07) is 0. The highest BCUT2D eigenvalue weighted by Gasteiger charge is 2.09.